The van der Waals surface area contributed by atoms with Crippen molar-refractivity contribution >= 4 is 45.3 Å². The lowest BCUT2D eigenvalue weighted by molar-refractivity contribution is -0.140. The van der Waals surface area contributed by atoms with E-state index in [4.69, 9.17) is 26.3 Å². The van der Waals surface area contributed by atoms with Gasteiger partial charge in [-0.3, -0.25) is 13.9 Å². The van der Waals surface area contributed by atoms with Crippen molar-refractivity contribution in [3.05, 3.63) is 64.7 Å². The Morgan fingerprint density at radius 3 is 2.58 bits per heavy atom. The Morgan fingerprint density at radius 2 is 1.95 bits per heavy atom. The molecule has 0 aliphatic carbocycles. The monoisotopic (exact) mass is 559 g/mol. The zero-order valence-corrected chi connectivity index (χ0v) is 22.9. The summed E-state index contributed by atoms with van der Waals surface area (Å²) in [6, 6.07) is 13.6. The van der Waals surface area contributed by atoms with Gasteiger partial charge in [0.2, 0.25) is 15.9 Å². The zero-order valence-electron chi connectivity index (χ0n) is 21.3. The number of piperidine rings is 1. The molecule has 1 heterocycles. The van der Waals surface area contributed by atoms with E-state index >= 15 is 0 Å². The number of carbonyl (C=O) groups is 2. The fourth-order valence-electron chi connectivity index (χ4n) is 4.01. The summed E-state index contributed by atoms with van der Waals surface area (Å²) >= 11 is 6.49. The quantitative estimate of drug-likeness (QED) is 0.404. The Balaban J connectivity index is 1.81. The molecular weight excluding hydrogens is 530 g/mol. The number of halogens is 1. The van der Waals surface area contributed by atoms with E-state index in [0.29, 0.717) is 37.2 Å². The van der Waals surface area contributed by atoms with Gasteiger partial charge in [0.05, 0.1) is 35.5 Å². The molecule has 202 valence electrons. The molecule has 0 radical (unpaired) electrons. The maximum absolute atomic E-state index is 13.2. The number of sulfonamides is 1. The maximum atomic E-state index is 13.2. The van der Waals surface area contributed by atoms with Gasteiger partial charge in [0.15, 0.2) is 5.75 Å². The number of likely N-dealkylation sites (tertiary alicyclic amines) is 1. The van der Waals surface area contributed by atoms with Crippen LogP contribution in [0.2, 0.25) is 5.02 Å². The van der Waals surface area contributed by atoms with E-state index in [2.05, 4.69) is 6.07 Å². The molecular formula is C27H30ClN3O6S. The van der Waals surface area contributed by atoms with Gasteiger partial charge in [-0.2, -0.15) is 5.26 Å². The van der Waals surface area contributed by atoms with Crippen LogP contribution in [0, 0.1) is 11.3 Å². The molecule has 11 heteroatoms. The SMILES string of the molecule is CCOC(=O)CS(=O)(=O)N(C/C=C/c1cccc(C#N)c1)c1ccc(OC2CCN(C(C)=O)CC2)c(Cl)c1. The van der Waals surface area contributed by atoms with Crippen LogP contribution >= 0.6 is 11.6 Å². The van der Waals surface area contributed by atoms with Gasteiger partial charge in [-0.1, -0.05) is 35.9 Å². The lowest BCUT2D eigenvalue weighted by Gasteiger charge is -2.31. The summed E-state index contributed by atoms with van der Waals surface area (Å²) in [4.78, 5) is 25.3. The Labute approximate surface area is 228 Å². The second-order valence-corrected chi connectivity index (χ2v) is 11.0. The number of carbonyl (C=O) groups excluding carboxylic acids is 2. The van der Waals surface area contributed by atoms with Crippen molar-refractivity contribution in [1.29, 1.82) is 5.26 Å². The summed E-state index contributed by atoms with van der Waals surface area (Å²) in [7, 11) is -4.12. The molecule has 0 N–H and O–H groups in total. The summed E-state index contributed by atoms with van der Waals surface area (Å²) in [5.74, 6) is -1.25. The standard InChI is InChI=1S/C27H30ClN3O6S/c1-3-36-27(33)19-38(34,35)31(13-5-8-21-6-4-7-22(16-21)18-29)23-9-10-26(25(28)17-23)37-24-11-14-30(15-12-24)20(2)32/h4-10,16-17,24H,3,11-15,19H2,1-2H3/b8-5+. The van der Waals surface area contributed by atoms with Crippen LogP contribution in [0.25, 0.3) is 6.08 Å². The average molecular weight is 560 g/mol. The molecule has 1 fully saturated rings. The first kappa shape index (κ1) is 29.0. The van der Waals surface area contributed by atoms with E-state index in [-0.39, 0.29) is 35.9 Å². The van der Waals surface area contributed by atoms with Crippen LogP contribution in [-0.2, 0) is 24.3 Å². The molecule has 0 aromatic heterocycles. The maximum Gasteiger partial charge on any atom is 0.323 e. The Bertz CT molecular complexity index is 1330. The highest BCUT2D eigenvalue weighted by molar-refractivity contribution is 7.93. The highest BCUT2D eigenvalue weighted by Gasteiger charge is 2.27. The van der Waals surface area contributed by atoms with E-state index in [1.807, 2.05) is 0 Å². The lowest BCUT2D eigenvalue weighted by atomic mass is 10.1. The fraction of sp³-hybridized carbons (Fsp3) is 0.370. The van der Waals surface area contributed by atoms with Crippen molar-refractivity contribution in [3.8, 4) is 11.8 Å². The Hall–Kier alpha value is -3.55. The lowest BCUT2D eigenvalue weighted by Crippen LogP contribution is -2.40. The van der Waals surface area contributed by atoms with Crippen molar-refractivity contribution in [1.82, 2.24) is 4.90 Å². The highest BCUT2D eigenvalue weighted by Crippen LogP contribution is 2.32. The zero-order chi connectivity index (χ0) is 27.7. The number of hydrogen-bond donors (Lipinski definition) is 0. The molecule has 1 amide bonds. The molecule has 38 heavy (non-hydrogen) atoms. The van der Waals surface area contributed by atoms with Crippen LogP contribution in [0.15, 0.2) is 48.5 Å². The predicted molar refractivity (Wildman–Crippen MR) is 145 cm³/mol. The van der Waals surface area contributed by atoms with Gasteiger partial charge in [0.1, 0.15) is 11.9 Å². The average Bonchev–Trinajstić information content (AvgIpc) is 2.88. The van der Waals surface area contributed by atoms with Crippen molar-refractivity contribution in [2.45, 2.75) is 32.8 Å². The number of rotatable bonds is 10. The molecule has 2 aromatic carbocycles. The first-order valence-electron chi connectivity index (χ1n) is 12.2. The molecule has 1 saturated heterocycles. The van der Waals surface area contributed by atoms with E-state index in [9.17, 15) is 18.0 Å². The summed E-state index contributed by atoms with van der Waals surface area (Å²) in [5, 5.41) is 9.32. The smallest absolute Gasteiger partial charge is 0.323 e. The van der Waals surface area contributed by atoms with Gasteiger partial charge < -0.3 is 14.4 Å². The van der Waals surface area contributed by atoms with Gasteiger partial charge >= 0.3 is 5.97 Å². The number of ether oxygens (including phenoxy) is 2. The van der Waals surface area contributed by atoms with Gasteiger partial charge in [-0.15, -0.1) is 0 Å². The van der Waals surface area contributed by atoms with Crippen LogP contribution in [0.1, 0.15) is 37.8 Å². The third-order valence-electron chi connectivity index (χ3n) is 5.92. The normalized spacial score (nSPS) is 14.2. The second kappa shape index (κ2) is 13.3. The third kappa shape index (κ3) is 7.97. The van der Waals surface area contributed by atoms with Crippen LogP contribution in [0.5, 0.6) is 5.75 Å². The highest BCUT2D eigenvalue weighted by atomic mass is 35.5. The second-order valence-electron chi connectivity index (χ2n) is 8.67. The molecule has 3 rings (SSSR count). The number of esters is 1. The van der Waals surface area contributed by atoms with Gasteiger partial charge in [-0.05, 0) is 42.8 Å². The summed E-state index contributed by atoms with van der Waals surface area (Å²) < 4.78 is 38.4. The first-order valence-corrected chi connectivity index (χ1v) is 14.2. The topological polar surface area (TPSA) is 117 Å². The van der Waals surface area contributed by atoms with Crippen molar-refractivity contribution < 1.29 is 27.5 Å². The van der Waals surface area contributed by atoms with E-state index in [1.54, 1.807) is 60.4 Å². The first-order chi connectivity index (χ1) is 18.1. The van der Waals surface area contributed by atoms with Gasteiger partial charge in [0, 0.05) is 32.9 Å². The van der Waals surface area contributed by atoms with Crippen molar-refractivity contribution in [3.63, 3.8) is 0 Å². The summed E-state index contributed by atoms with van der Waals surface area (Å²) in [6.45, 7) is 4.31. The van der Waals surface area contributed by atoms with E-state index in [1.165, 1.54) is 13.0 Å². The number of nitrogens with zero attached hydrogens (tertiary/aromatic N) is 3. The molecule has 0 unspecified atom stereocenters. The third-order valence-corrected chi connectivity index (χ3v) is 7.85. The summed E-state index contributed by atoms with van der Waals surface area (Å²) in [5.41, 5.74) is 1.46. The number of anilines is 1. The van der Waals surface area contributed by atoms with Crippen LogP contribution in [-0.4, -0.2) is 63.3 Å². The minimum Gasteiger partial charge on any atom is -0.489 e. The largest absolute Gasteiger partial charge is 0.489 e. The Kier molecular flexibility index (Phi) is 10.2. The molecule has 0 spiro atoms. The fourth-order valence-corrected chi connectivity index (χ4v) is 5.52. The molecule has 0 atom stereocenters. The van der Waals surface area contributed by atoms with Crippen LogP contribution in [0.3, 0.4) is 0 Å². The van der Waals surface area contributed by atoms with Crippen LogP contribution < -0.4 is 9.04 Å². The van der Waals surface area contributed by atoms with Crippen molar-refractivity contribution in [2.24, 2.45) is 0 Å². The molecule has 0 saturated carbocycles. The van der Waals surface area contributed by atoms with Crippen LogP contribution in [0.4, 0.5) is 5.69 Å². The minimum absolute atomic E-state index is 0.0294. The van der Waals surface area contributed by atoms with Gasteiger partial charge in [0.25, 0.3) is 0 Å². The molecule has 1 aliphatic heterocycles. The molecule has 1 aliphatic rings. The van der Waals surface area contributed by atoms with E-state index in [0.717, 1.165) is 9.87 Å². The molecule has 0 bridgehead atoms. The summed E-state index contributed by atoms with van der Waals surface area (Å²) in [6.07, 6.45) is 4.52. The van der Waals surface area contributed by atoms with E-state index < -0.39 is 21.7 Å². The minimum atomic E-state index is -4.12. The Morgan fingerprint density at radius 1 is 1.21 bits per heavy atom. The number of amides is 1. The molecule has 9 nitrogen and oxygen atoms in total. The van der Waals surface area contributed by atoms with Gasteiger partial charge in [-0.25, -0.2) is 8.42 Å². The number of hydrogen-bond acceptors (Lipinski definition) is 7. The number of nitriles is 1. The number of benzene rings is 2. The van der Waals surface area contributed by atoms with Crippen molar-refractivity contribution in [2.75, 3.05) is 36.3 Å². The molecule has 2 aromatic rings. The predicted octanol–water partition coefficient (Wildman–Crippen LogP) is 4.01.